The first-order valence-corrected chi connectivity index (χ1v) is 7.52. The number of imidazole rings is 1. The van der Waals surface area contributed by atoms with Crippen molar-refractivity contribution in [3.8, 4) is 0 Å². The summed E-state index contributed by atoms with van der Waals surface area (Å²) in [6, 6.07) is 13.0. The lowest BCUT2D eigenvalue weighted by Crippen LogP contribution is -1.87. The van der Waals surface area contributed by atoms with E-state index < -0.39 is 0 Å². The summed E-state index contributed by atoms with van der Waals surface area (Å²) in [6.45, 7) is 0. The average molecular weight is 337 g/mol. The van der Waals surface area contributed by atoms with Gasteiger partial charge in [-0.05, 0) is 29.8 Å². The molecule has 0 saturated heterocycles. The molecule has 0 aliphatic heterocycles. The molecule has 0 amide bonds. The van der Waals surface area contributed by atoms with E-state index in [1.165, 1.54) is 17.8 Å². The third-order valence-electron chi connectivity index (χ3n) is 2.75. The van der Waals surface area contributed by atoms with E-state index in [0.29, 0.717) is 11.3 Å². The van der Waals surface area contributed by atoms with Crippen LogP contribution in [0.5, 0.6) is 0 Å². The van der Waals surface area contributed by atoms with Gasteiger partial charge in [0.1, 0.15) is 5.82 Å². The van der Waals surface area contributed by atoms with Gasteiger partial charge in [0.2, 0.25) is 0 Å². The van der Waals surface area contributed by atoms with Crippen LogP contribution in [0.15, 0.2) is 52.1 Å². The van der Waals surface area contributed by atoms with E-state index in [2.05, 4.69) is 25.9 Å². The average Bonchev–Trinajstić information content (AvgIpc) is 2.80. The molecule has 2 nitrogen and oxygen atoms in total. The van der Waals surface area contributed by atoms with Gasteiger partial charge >= 0.3 is 0 Å². The number of benzene rings is 2. The van der Waals surface area contributed by atoms with Gasteiger partial charge in [0.05, 0.1) is 11.0 Å². The molecule has 1 N–H and O–H groups in total. The number of rotatable bonds is 3. The van der Waals surface area contributed by atoms with Crippen LogP contribution in [0.4, 0.5) is 4.39 Å². The number of thioether (sulfide) groups is 1. The zero-order valence-electron chi connectivity index (χ0n) is 9.86. The van der Waals surface area contributed by atoms with Gasteiger partial charge < -0.3 is 4.98 Å². The highest BCUT2D eigenvalue weighted by molar-refractivity contribution is 9.10. The second-order valence-electron chi connectivity index (χ2n) is 4.08. The minimum absolute atomic E-state index is 0.196. The Morgan fingerprint density at radius 2 is 2.05 bits per heavy atom. The predicted molar refractivity (Wildman–Crippen MR) is 79.8 cm³/mol. The predicted octanol–water partition coefficient (Wildman–Crippen LogP) is 4.76. The fourth-order valence-electron chi connectivity index (χ4n) is 1.78. The highest BCUT2D eigenvalue weighted by atomic mass is 79.9. The molecule has 1 aromatic heterocycles. The molecular weight excluding hydrogens is 327 g/mol. The van der Waals surface area contributed by atoms with Crippen LogP contribution in [0, 0.1) is 5.82 Å². The van der Waals surface area contributed by atoms with Gasteiger partial charge in [0, 0.05) is 10.2 Å². The van der Waals surface area contributed by atoms with Crippen LogP contribution in [-0.4, -0.2) is 9.97 Å². The summed E-state index contributed by atoms with van der Waals surface area (Å²) >= 11 is 4.75. The highest BCUT2D eigenvalue weighted by Crippen LogP contribution is 2.25. The lowest BCUT2D eigenvalue weighted by Gasteiger charge is -2.01. The maximum atomic E-state index is 13.7. The lowest BCUT2D eigenvalue weighted by molar-refractivity contribution is 0.616. The molecule has 0 aliphatic rings. The number of nitrogens with one attached hydrogen (secondary N) is 1. The summed E-state index contributed by atoms with van der Waals surface area (Å²) in [5.74, 6) is 0.358. The molecule has 0 bridgehead atoms. The van der Waals surface area contributed by atoms with Gasteiger partial charge in [-0.3, -0.25) is 0 Å². The third-order valence-corrected chi connectivity index (χ3v) is 4.16. The number of hydrogen-bond donors (Lipinski definition) is 1. The van der Waals surface area contributed by atoms with Crippen LogP contribution in [0.25, 0.3) is 11.0 Å². The van der Waals surface area contributed by atoms with Crippen molar-refractivity contribution in [2.45, 2.75) is 10.9 Å². The summed E-state index contributed by atoms with van der Waals surface area (Å²) in [4.78, 5) is 7.67. The first kappa shape index (κ1) is 12.7. The number of halogens is 2. The molecule has 0 unspecified atom stereocenters. The second kappa shape index (κ2) is 5.35. The summed E-state index contributed by atoms with van der Waals surface area (Å²) in [7, 11) is 0. The summed E-state index contributed by atoms with van der Waals surface area (Å²) in [5.41, 5.74) is 2.61. The quantitative estimate of drug-likeness (QED) is 0.698. The Kier molecular flexibility index (Phi) is 3.57. The molecule has 1 heterocycles. The van der Waals surface area contributed by atoms with Gasteiger partial charge in [0.25, 0.3) is 0 Å². The van der Waals surface area contributed by atoms with Crippen molar-refractivity contribution in [1.29, 1.82) is 0 Å². The van der Waals surface area contributed by atoms with E-state index in [0.717, 1.165) is 20.7 Å². The maximum Gasteiger partial charge on any atom is 0.166 e. The monoisotopic (exact) mass is 336 g/mol. The minimum atomic E-state index is -0.196. The standard InChI is InChI=1S/C14H10BrFN2S/c15-10-6-5-9(11(16)7-10)8-19-14-17-12-3-1-2-4-13(12)18-14/h1-7H,8H2,(H,17,18). The second-order valence-corrected chi connectivity index (χ2v) is 5.96. The summed E-state index contributed by atoms with van der Waals surface area (Å²) in [5, 5.41) is 0.809. The molecule has 3 aromatic rings. The summed E-state index contributed by atoms with van der Waals surface area (Å²) in [6.07, 6.45) is 0. The molecule has 0 spiro atoms. The van der Waals surface area contributed by atoms with Crippen LogP contribution in [0.3, 0.4) is 0 Å². The van der Waals surface area contributed by atoms with Crippen molar-refractivity contribution < 1.29 is 4.39 Å². The number of fused-ring (bicyclic) bond motifs is 1. The number of nitrogens with zero attached hydrogens (tertiary/aromatic N) is 1. The van der Waals surface area contributed by atoms with E-state index in [4.69, 9.17) is 0 Å². The van der Waals surface area contributed by atoms with Crippen molar-refractivity contribution in [3.05, 3.63) is 58.3 Å². The largest absolute Gasteiger partial charge is 0.333 e. The smallest absolute Gasteiger partial charge is 0.166 e. The zero-order valence-corrected chi connectivity index (χ0v) is 12.3. The Balaban J connectivity index is 1.78. The molecule has 0 saturated carbocycles. The van der Waals surface area contributed by atoms with E-state index in [1.54, 1.807) is 6.07 Å². The van der Waals surface area contributed by atoms with Gasteiger partial charge in [-0.1, -0.05) is 45.9 Å². The normalized spacial score (nSPS) is 11.1. The van der Waals surface area contributed by atoms with E-state index in [9.17, 15) is 4.39 Å². The van der Waals surface area contributed by atoms with E-state index in [-0.39, 0.29) is 5.82 Å². The highest BCUT2D eigenvalue weighted by Gasteiger charge is 2.06. The molecule has 96 valence electrons. The van der Waals surface area contributed by atoms with Gasteiger partial charge in [-0.25, -0.2) is 9.37 Å². The van der Waals surface area contributed by atoms with E-state index in [1.807, 2.05) is 30.3 Å². The Bertz CT molecular complexity index is 693. The van der Waals surface area contributed by atoms with Crippen molar-refractivity contribution in [2.75, 3.05) is 0 Å². The number of H-pyrrole nitrogens is 1. The van der Waals surface area contributed by atoms with Crippen LogP contribution in [0.2, 0.25) is 0 Å². The Morgan fingerprint density at radius 3 is 2.84 bits per heavy atom. The molecule has 2 aromatic carbocycles. The minimum Gasteiger partial charge on any atom is -0.333 e. The summed E-state index contributed by atoms with van der Waals surface area (Å²) < 4.78 is 14.4. The van der Waals surface area contributed by atoms with Gasteiger partial charge in [-0.2, -0.15) is 0 Å². The van der Waals surface area contributed by atoms with Crippen LogP contribution >= 0.6 is 27.7 Å². The van der Waals surface area contributed by atoms with Crippen molar-refractivity contribution >= 4 is 38.7 Å². The Labute approximate surface area is 122 Å². The SMILES string of the molecule is Fc1cc(Br)ccc1CSc1nc2ccccc2[nH]1. The Hall–Kier alpha value is -1.33. The maximum absolute atomic E-state index is 13.7. The first-order valence-electron chi connectivity index (χ1n) is 5.74. The molecule has 3 rings (SSSR count). The van der Waals surface area contributed by atoms with Crippen molar-refractivity contribution in [3.63, 3.8) is 0 Å². The Morgan fingerprint density at radius 1 is 1.21 bits per heavy atom. The molecule has 0 fully saturated rings. The van der Waals surface area contributed by atoms with Gasteiger partial charge in [-0.15, -0.1) is 0 Å². The fourth-order valence-corrected chi connectivity index (χ4v) is 2.99. The molecule has 5 heteroatoms. The molecule has 0 aliphatic carbocycles. The van der Waals surface area contributed by atoms with Crippen molar-refractivity contribution in [1.82, 2.24) is 9.97 Å². The number of aromatic nitrogens is 2. The first-order chi connectivity index (χ1) is 9.22. The topological polar surface area (TPSA) is 28.7 Å². The van der Waals surface area contributed by atoms with Gasteiger partial charge in [0.15, 0.2) is 5.16 Å². The molecule has 0 radical (unpaired) electrons. The molecule has 0 atom stereocenters. The molecule has 19 heavy (non-hydrogen) atoms. The van der Waals surface area contributed by atoms with Crippen LogP contribution < -0.4 is 0 Å². The van der Waals surface area contributed by atoms with Crippen molar-refractivity contribution in [2.24, 2.45) is 0 Å². The molecular formula is C14H10BrFN2S. The van der Waals surface area contributed by atoms with Crippen LogP contribution in [-0.2, 0) is 5.75 Å². The van der Waals surface area contributed by atoms with Crippen LogP contribution in [0.1, 0.15) is 5.56 Å². The van der Waals surface area contributed by atoms with E-state index >= 15 is 0 Å². The fraction of sp³-hybridized carbons (Fsp3) is 0.0714. The number of aromatic amines is 1. The zero-order chi connectivity index (χ0) is 13.2. The lowest BCUT2D eigenvalue weighted by atomic mass is 10.2. The number of hydrogen-bond acceptors (Lipinski definition) is 2. The third kappa shape index (κ3) is 2.82. The number of para-hydroxylation sites is 2.